The van der Waals surface area contributed by atoms with E-state index in [0.717, 1.165) is 18.6 Å². The van der Waals surface area contributed by atoms with Gasteiger partial charge in [-0.25, -0.2) is 0 Å². The van der Waals surface area contributed by atoms with Gasteiger partial charge in [-0.1, -0.05) is 0 Å². The molecule has 1 rings (SSSR count). The Morgan fingerprint density at radius 1 is 1.38 bits per heavy atom. The minimum absolute atomic E-state index is 0. The molecule has 82 valence electrons. The second-order valence-electron chi connectivity index (χ2n) is 3.70. The predicted molar refractivity (Wildman–Crippen MR) is 63.0 cm³/mol. The molecule has 0 saturated carbocycles. The van der Waals surface area contributed by atoms with Crippen LogP contribution < -0.4 is 5.73 Å². The van der Waals surface area contributed by atoms with Crippen molar-refractivity contribution in [3.63, 3.8) is 0 Å². The molecule has 1 aliphatic rings. The smallest absolute Gasteiger partial charge is 0.0111 e. The third-order valence-electron chi connectivity index (χ3n) is 2.59. The number of hydrogen-bond donors (Lipinski definition) is 1. The van der Waals surface area contributed by atoms with Crippen LogP contribution >= 0.6 is 24.8 Å². The van der Waals surface area contributed by atoms with Crippen molar-refractivity contribution in [1.29, 1.82) is 0 Å². The maximum atomic E-state index is 5.46. The minimum atomic E-state index is 0. The maximum absolute atomic E-state index is 5.46. The summed E-state index contributed by atoms with van der Waals surface area (Å²) in [5.74, 6) is 0. The summed E-state index contributed by atoms with van der Waals surface area (Å²) < 4.78 is 0. The van der Waals surface area contributed by atoms with Crippen molar-refractivity contribution in [2.45, 2.75) is 45.2 Å². The van der Waals surface area contributed by atoms with Crippen LogP contribution in [-0.2, 0) is 0 Å². The van der Waals surface area contributed by atoms with E-state index < -0.39 is 0 Å². The van der Waals surface area contributed by atoms with Crippen LogP contribution in [-0.4, -0.2) is 30.1 Å². The fraction of sp³-hybridized carbons (Fsp3) is 1.00. The van der Waals surface area contributed by atoms with Crippen LogP contribution in [0.1, 0.15) is 33.1 Å². The van der Waals surface area contributed by atoms with Gasteiger partial charge in [-0.2, -0.15) is 0 Å². The lowest BCUT2D eigenvalue weighted by Crippen LogP contribution is -2.51. The van der Waals surface area contributed by atoms with E-state index >= 15 is 0 Å². The Hall–Kier alpha value is 0.500. The third-order valence-corrected chi connectivity index (χ3v) is 2.59. The van der Waals surface area contributed by atoms with Crippen molar-refractivity contribution in [2.24, 2.45) is 5.73 Å². The standard InChI is InChI=1S/C9H20N2.2ClH/c1-8(2)11-7-5-9(11)4-3-6-10;;/h8-9H,3-7,10H2,1-2H3;2*1H. The molecule has 0 aromatic carbocycles. The van der Waals surface area contributed by atoms with Crippen molar-refractivity contribution < 1.29 is 0 Å². The highest BCUT2D eigenvalue weighted by atomic mass is 35.5. The zero-order chi connectivity index (χ0) is 8.27. The van der Waals surface area contributed by atoms with Crippen LogP contribution in [0.5, 0.6) is 0 Å². The predicted octanol–water partition coefficient (Wildman–Crippen LogP) is 2.05. The molecule has 1 atom stereocenters. The molecule has 0 aliphatic carbocycles. The first kappa shape index (κ1) is 15.9. The Kier molecular flexibility index (Phi) is 9.65. The Bertz CT molecular complexity index is 120. The summed E-state index contributed by atoms with van der Waals surface area (Å²) in [7, 11) is 0. The Balaban J connectivity index is 0. The molecule has 2 nitrogen and oxygen atoms in total. The van der Waals surface area contributed by atoms with Gasteiger partial charge in [-0.3, -0.25) is 4.90 Å². The second kappa shape index (κ2) is 7.86. The fourth-order valence-electron chi connectivity index (χ4n) is 1.80. The van der Waals surface area contributed by atoms with E-state index in [0.29, 0.717) is 0 Å². The van der Waals surface area contributed by atoms with Gasteiger partial charge in [0.1, 0.15) is 0 Å². The molecule has 0 spiro atoms. The molecule has 0 bridgehead atoms. The number of rotatable bonds is 4. The third kappa shape index (κ3) is 4.50. The SMILES string of the molecule is CC(C)N1CCC1CCCN.Cl.Cl. The van der Waals surface area contributed by atoms with E-state index in [4.69, 9.17) is 5.73 Å². The second-order valence-corrected chi connectivity index (χ2v) is 3.70. The summed E-state index contributed by atoms with van der Waals surface area (Å²) in [4.78, 5) is 2.57. The number of nitrogens with two attached hydrogens (primary N) is 1. The minimum Gasteiger partial charge on any atom is -0.330 e. The number of hydrogen-bond acceptors (Lipinski definition) is 2. The van der Waals surface area contributed by atoms with Gasteiger partial charge in [0.05, 0.1) is 0 Å². The lowest BCUT2D eigenvalue weighted by molar-refractivity contribution is 0.0500. The van der Waals surface area contributed by atoms with E-state index in [9.17, 15) is 0 Å². The Labute approximate surface area is 94.1 Å². The van der Waals surface area contributed by atoms with Crippen LogP contribution in [0.3, 0.4) is 0 Å². The zero-order valence-corrected chi connectivity index (χ0v) is 10.2. The summed E-state index contributed by atoms with van der Waals surface area (Å²) in [5, 5.41) is 0. The maximum Gasteiger partial charge on any atom is 0.0111 e. The molecule has 1 aliphatic heterocycles. The van der Waals surface area contributed by atoms with Gasteiger partial charge >= 0.3 is 0 Å². The molecule has 0 aromatic rings. The van der Waals surface area contributed by atoms with Gasteiger partial charge in [0.15, 0.2) is 0 Å². The largest absolute Gasteiger partial charge is 0.330 e. The molecule has 4 heteroatoms. The molecule has 0 aromatic heterocycles. The number of nitrogens with zero attached hydrogens (tertiary/aromatic N) is 1. The van der Waals surface area contributed by atoms with Crippen LogP contribution in [0, 0.1) is 0 Å². The molecule has 2 N–H and O–H groups in total. The summed E-state index contributed by atoms with van der Waals surface area (Å²) in [5.41, 5.74) is 5.46. The molecule has 13 heavy (non-hydrogen) atoms. The molecular weight excluding hydrogens is 207 g/mol. The van der Waals surface area contributed by atoms with Crippen molar-refractivity contribution in [3.8, 4) is 0 Å². The zero-order valence-electron chi connectivity index (χ0n) is 8.53. The van der Waals surface area contributed by atoms with Gasteiger partial charge in [0.2, 0.25) is 0 Å². The van der Waals surface area contributed by atoms with Gasteiger partial charge in [-0.05, 0) is 39.7 Å². The lowest BCUT2D eigenvalue weighted by atomic mass is 9.96. The topological polar surface area (TPSA) is 29.3 Å². The molecule has 1 heterocycles. The summed E-state index contributed by atoms with van der Waals surface area (Å²) in [6.07, 6.45) is 3.88. The van der Waals surface area contributed by atoms with Crippen molar-refractivity contribution in [3.05, 3.63) is 0 Å². The number of halogens is 2. The highest BCUT2D eigenvalue weighted by Crippen LogP contribution is 2.23. The lowest BCUT2D eigenvalue weighted by Gasteiger charge is -2.44. The van der Waals surface area contributed by atoms with E-state index in [1.165, 1.54) is 25.8 Å². The van der Waals surface area contributed by atoms with Crippen molar-refractivity contribution >= 4 is 24.8 Å². The average Bonchev–Trinajstić information content (AvgIpc) is 1.84. The van der Waals surface area contributed by atoms with Gasteiger partial charge in [0.25, 0.3) is 0 Å². The molecular formula is C9H22Cl2N2. The van der Waals surface area contributed by atoms with Crippen molar-refractivity contribution in [2.75, 3.05) is 13.1 Å². The highest BCUT2D eigenvalue weighted by molar-refractivity contribution is 5.85. The van der Waals surface area contributed by atoms with Crippen LogP contribution in [0.15, 0.2) is 0 Å². The van der Waals surface area contributed by atoms with Gasteiger partial charge in [-0.15, -0.1) is 24.8 Å². The summed E-state index contributed by atoms with van der Waals surface area (Å²) in [6, 6.07) is 1.57. The van der Waals surface area contributed by atoms with E-state index in [1.54, 1.807) is 0 Å². The first-order chi connectivity index (χ1) is 5.25. The quantitative estimate of drug-likeness (QED) is 0.799. The van der Waals surface area contributed by atoms with Crippen LogP contribution in [0.25, 0.3) is 0 Å². The number of likely N-dealkylation sites (tertiary alicyclic amines) is 1. The monoisotopic (exact) mass is 228 g/mol. The summed E-state index contributed by atoms with van der Waals surface area (Å²) >= 11 is 0. The van der Waals surface area contributed by atoms with Gasteiger partial charge in [0, 0.05) is 18.6 Å². The van der Waals surface area contributed by atoms with E-state index in [1.807, 2.05) is 0 Å². The molecule has 0 amide bonds. The van der Waals surface area contributed by atoms with Crippen molar-refractivity contribution in [1.82, 2.24) is 4.90 Å². The van der Waals surface area contributed by atoms with Gasteiger partial charge < -0.3 is 5.73 Å². The van der Waals surface area contributed by atoms with E-state index in [2.05, 4.69) is 18.7 Å². The molecule has 1 unspecified atom stereocenters. The Morgan fingerprint density at radius 2 is 2.00 bits per heavy atom. The average molecular weight is 229 g/mol. The normalized spacial score (nSPS) is 21.7. The molecule has 1 saturated heterocycles. The highest BCUT2D eigenvalue weighted by Gasteiger charge is 2.28. The molecule has 0 radical (unpaired) electrons. The summed E-state index contributed by atoms with van der Waals surface area (Å²) in [6.45, 7) is 6.69. The first-order valence-corrected chi connectivity index (χ1v) is 4.71. The Morgan fingerprint density at radius 3 is 2.31 bits per heavy atom. The fourth-order valence-corrected chi connectivity index (χ4v) is 1.80. The first-order valence-electron chi connectivity index (χ1n) is 4.71. The van der Waals surface area contributed by atoms with Crippen LogP contribution in [0.4, 0.5) is 0 Å². The van der Waals surface area contributed by atoms with Crippen LogP contribution in [0.2, 0.25) is 0 Å². The molecule has 1 fully saturated rings. The van der Waals surface area contributed by atoms with E-state index in [-0.39, 0.29) is 24.8 Å².